The number of carbonyl (C=O) groups is 3. The molecule has 1 heterocycles. The van der Waals surface area contributed by atoms with Crippen LogP contribution in [0.3, 0.4) is 0 Å². The normalized spacial score (nSPS) is 17.5. The summed E-state index contributed by atoms with van der Waals surface area (Å²) in [5.41, 5.74) is 0.274. The number of nitrogens with zero attached hydrogens (tertiary/aromatic N) is 1. The minimum atomic E-state index is -0.582. The Morgan fingerprint density at radius 1 is 1.45 bits per heavy atom. The van der Waals surface area contributed by atoms with Crippen molar-refractivity contribution in [3.05, 3.63) is 30.1 Å². The number of thioether (sulfide) groups is 1. The molecule has 0 radical (unpaired) electrons. The monoisotopic (exact) mass is 325 g/mol. The van der Waals surface area contributed by atoms with Crippen molar-refractivity contribution in [3.8, 4) is 0 Å². The topological polar surface area (TPSA) is 78.5 Å². The third-order valence-corrected chi connectivity index (χ3v) is 3.77. The summed E-state index contributed by atoms with van der Waals surface area (Å²) in [4.78, 5) is 36.6. The summed E-state index contributed by atoms with van der Waals surface area (Å²) < 4.78 is 13.0. The summed E-state index contributed by atoms with van der Waals surface area (Å²) in [6, 6.07) is 4.23. The van der Waals surface area contributed by atoms with Crippen LogP contribution in [0.1, 0.15) is 6.42 Å². The number of rotatable bonds is 6. The van der Waals surface area contributed by atoms with Gasteiger partial charge in [0.1, 0.15) is 18.4 Å². The van der Waals surface area contributed by atoms with Gasteiger partial charge in [-0.15, -0.1) is 0 Å². The summed E-state index contributed by atoms with van der Waals surface area (Å²) in [7, 11) is 0. The number of urea groups is 1. The lowest BCUT2D eigenvalue weighted by atomic mass is 10.2. The van der Waals surface area contributed by atoms with Crippen LogP contribution >= 0.6 is 11.8 Å². The SMILES string of the molecule is CSCCC1NC(=O)N(CC(=O)Nc2cccc(F)c2)C1=O. The summed E-state index contributed by atoms with van der Waals surface area (Å²) >= 11 is 1.57. The van der Waals surface area contributed by atoms with Crippen molar-refractivity contribution in [3.63, 3.8) is 0 Å². The molecule has 4 amide bonds. The average Bonchev–Trinajstić information content (AvgIpc) is 2.72. The highest BCUT2D eigenvalue weighted by Gasteiger charge is 2.38. The quantitative estimate of drug-likeness (QED) is 0.776. The molecule has 6 nitrogen and oxygen atoms in total. The molecule has 1 saturated heterocycles. The Morgan fingerprint density at radius 2 is 2.23 bits per heavy atom. The van der Waals surface area contributed by atoms with E-state index in [9.17, 15) is 18.8 Å². The second kappa shape index (κ2) is 7.26. The molecule has 2 N–H and O–H groups in total. The van der Waals surface area contributed by atoms with Gasteiger partial charge in [0, 0.05) is 5.69 Å². The van der Waals surface area contributed by atoms with E-state index in [1.54, 1.807) is 11.8 Å². The smallest absolute Gasteiger partial charge is 0.325 e. The molecule has 1 aliphatic rings. The predicted molar refractivity (Wildman–Crippen MR) is 82.1 cm³/mol. The Hall–Kier alpha value is -2.09. The zero-order chi connectivity index (χ0) is 16.1. The number of amides is 4. The Labute approximate surface area is 131 Å². The molecule has 0 bridgehead atoms. The molecule has 1 aliphatic heterocycles. The maximum atomic E-state index is 13.0. The van der Waals surface area contributed by atoms with Crippen LogP contribution < -0.4 is 10.6 Å². The average molecular weight is 325 g/mol. The second-order valence-corrected chi connectivity index (χ2v) is 5.75. The van der Waals surface area contributed by atoms with Gasteiger partial charge in [-0.1, -0.05) is 6.07 Å². The molecule has 1 fully saturated rings. The van der Waals surface area contributed by atoms with Gasteiger partial charge in [-0.2, -0.15) is 11.8 Å². The molecule has 1 unspecified atom stereocenters. The molecule has 8 heteroatoms. The molecule has 1 aromatic rings. The van der Waals surface area contributed by atoms with Crippen molar-refractivity contribution in [1.29, 1.82) is 0 Å². The molecular weight excluding hydrogens is 309 g/mol. The van der Waals surface area contributed by atoms with Gasteiger partial charge >= 0.3 is 6.03 Å². The van der Waals surface area contributed by atoms with Crippen molar-refractivity contribution < 1.29 is 18.8 Å². The van der Waals surface area contributed by atoms with E-state index in [1.807, 2.05) is 6.26 Å². The fourth-order valence-corrected chi connectivity index (χ4v) is 2.54. The minimum absolute atomic E-state index is 0.274. The number of imide groups is 1. The molecule has 118 valence electrons. The summed E-state index contributed by atoms with van der Waals surface area (Å²) in [6.45, 7) is -0.392. The Balaban J connectivity index is 1.93. The Bertz CT molecular complexity index is 596. The van der Waals surface area contributed by atoms with E-state index in [-0.39, 0.29) is 5.69 Å². The maximum absolute atomic E-state index is 13.0. The number of carbonyl (C=O) groups excluding carboxylic acids is 3. The molecule has 0 aliphatic carbocycles. The molecule has 22 heavy (non-hydrogen) atoms. The second-order valence-electron chi connectivity index (χ2n) is 4.77. The van der Waals surface area contributed by atoms with Gasteiger partial charge in [0.25, 0.3) is 5.91 Å². The first-order valence-corrected chi connectivity index (χ1v) is 8.07. The molecule has 0 saturated carbocycles. The lowest BCUT2D eigenvalue weighted by molar-refractivity contribution is -0.130. The fourth-order valence-electron chi connectivity index (χ4n) is 2.07. The summed E-state index contributed by atoms with van der Waals surface area (Å²) in [5, 5.41) is 5.00. The molecule has 0 spiro atoms. The predicted octanol–water partition coefficient (Wildman–Crippen LogP) is 1.44. The van der Waals surface area contributed by atoms with Gasteiger partial charge in [-0.05, 0) is 36.6 Å². The standard InChI is InChI=1S/C14H16FN3O3S/c1-22-6-5-11-13(20)18(14(21)17-11)8-12(19)16-10-4-2-3-9(15)7-10/h2-4,7,11H,5-6,8H2,1H3,(H,16,19)(H,17,21). The van der Waals surface area contributed by atoms with E-state index >= 15 is 0 Å². The van der Waals surface area contributed by atoms with E-state index in [0.29, 0.717) is 6.42 Å². The van der Waals surface area contributed by atoms with Crippen molar-refractivity contribution in [1.82, 2.24) is 10.2 Å². The first-order chi connectivity index (χ1) is 10.5. The van der Waals surface area contributed by atoms with E-state index in [2.05, 4.69) is 10.6 Å². The van der Waals surface area contributed by atoms with Crippen LogP contribution in [0, 0.1) is 5.82 Å². The number of hydrogen-bond acceptors (Lipinski definition) is 4. The van der Waals surface area contributed by atoms with Crippen LogP contribution in [-0.2, 0) is 9.59 Å². The molecular formula is C14H16FN3O3S. The van der Waals surface area contributed by atoms with E-state index in [1.165, 1.54) is 18.2 Å². The highest BCUT2D eigenvalue weighted by atomic mass is 32.2. The third-order valence-electron chi connectivity index (χ3n) is 3.13. The first-order valence-electron chi connectivity index (χ1n) is 6.67. The lowest BCUT2D eigenvalue weighted by Gasteiger charge is -2.13. The number of nitrogens with one attached hydrogen (secondary N) is 2. The highest BCUT2D eigenvalue weighted by molar-refractivity contribution is 7.98. The molecule has 0 aromatic heterocycles. The third kappa shape index (κ3) is 3.97. The maximum Gasteiger partial charge on any atom is 0.325 e. The summed E-state index contributed by atoms with van der Waals surface area (Å²) in [5.74, 6) is -0.710. The number of halogens is 1. The van der Waals surface area contributed by atoms with E-state index in [0.717, 1.165) is 16.7 Å². The van der Waals surface area contributed by atoms with Gasteiger partial charge in [0.2, 0.25) is 5.91 Å². The van der Waals surface area contributed by atoms with Crippen LogP contribution in [-0.4, -0.2) is 47.3 Å². The molecule has 1 aromatic carbocycles. The van der Waals surface area contributed by atoms with Gasteiger partial charge in [-0.3, -0.25) is 14.5 Å². The largest absolute Gasteiger partial charge is 0.326 e. The van der Waals surface area contributed by atoms with Crippen molar-refractivity contribution in [2.24, 2.45) is 0 Å². The molecule has 1 atom stereocenters. The van der Waals surface area contributed by atoms with Gasteiger partial charge in [-0.25, -0.2) is 9.18 Å². The van der Waals surface area contributed by atoms with Crippen LogP contribution in [0.2, 0.25) is 0 Å². The zero-order valence-electron chi connectivity index (χ0n) is 12.0. The zero-order valence-corrected chi connectivity index (χ0v) is 12.8. The van der Waals surface area contributed by atoms with E-state index < -0.39 is 36.2 Å². The van der Waals surface area contributed by atoms with Crippen LogP contribution in [0.4, 0.5) is 14.9 Å². The van der Waals surface area contributed by atoms with Gasteiger partial charge in [0.15, 0.2) is 0 Å². The van der Waals surface area contributed by atoms with Crippen LogP contribution in [0.15, 0.2) is 24.3 Å². The van der Waals surface area contributed by atoms with E-state index in [4.69, 9.17) is 0 Å². The number of anilines is 1. The highest BCUT2D eigenvalue weighted by Crippen LogP contribution is 2.13. The van der Waals surface area contributed by atoms with Crippen LogP contribution in [0.25, 0.3) is 0 Å². The Morgan fingerprint density at radius 3 is 2.91 bits per heavy atom. The molecule has 2 rings (SSSR count). The fraction of sp³-hybridized carbons (Fsp3) is 0.357. The number of hydrogen-bond donors (Lipinski definition) is 2. The summed E-state index contributed by atoms with van der Waals surface area (Å²) in [6.07, 6.45) is 2.43. The lowest BCUT2D eigenvalue weighted by Crippen LogP contribution is -2.38. The van der Waals surface area contributed by atoms with Crippen LogP contribution in [0.5, 0.6) is 0 Å². The van der Waals surface area contributed by atoms with Gasteiger partial charge in [0.05, 0.1) is 0 Å². The minimum Gasteiger partial charge on any atom is -0.326 e. The van der Waals surface area contributed by atoms with Crippen molar-refractivity contribution in [2.45, 2.75) is 12.5 Å². The van der Waals surface area contributed by atoms with Crippen molar-refractivity contribution >= 4 is 35.3 Å². The number of benzene rings is 1. The van der Waals surface area contributed by atoms with Crippen molar-refractivity contribution in [2.75, 3.05) is 23.9 Å². The van der Waals surface area contributed by atoms with Gasteiger partial charge < -0.3 is 10.6 Å². The first kappa shape index (κ1) is 16.3. The Kier molecular flexibility index (Phi) is 5.37.